The number of rotatable bonds is 3. The lowest BCUT2D eigenvalue weighted by Gasteiger charge is -2.24. The molecule has 2 atom stereocenters. The zero-order valence-corrected chi connectivity index (χ0v) is 9.98. The van der Waals surface area contributed by atoms with Crippen molar-refractivity contribution in [2.24, 2.45) is 16.5 Å². The number of hydrogen-bond donors (Lipinski definition) is 4. The molecular formula is C12H19N5. The first-order valence-corrected chi connectivity index (χ1v) is 5.74. The van der Waals surface area contributed by atoms with E-state index in [1.807, 2.05) is 25.1 Å². The zero-order valence-electron chi connectivity index (χ0n) is 9.98. The number of benzene rings is 1. The van der Waals surface area contributed by atoms with Crippen molar-refractivity contribution in [3.63, 3.8) is 0 Å². The van der Waals surface area contributed by atoms with E-state index in [2.05, 4.69) is 27.8 Å². The van der Waals surface area contributed by atoms with E-state index in [0.29, 0.717) is 12.5 Å². The van der Waals surface area contributed by atoms with E-state index < -0.39 is 5.66 Å². The maximum Gasteiger partial charge on any atom is 0.193 e. The van der Waals surface area contributed by atoms with Gasteiger partial charge in [0.15, 0.2) is 5.96 Å². The summed E-state index contributed by atoms with van der Waals surface area (Å²) in [5.41, 5.74) is 12.1. The normalized spacial score (nSPS) is 22.5. The van der Waals surface area contributed by atoms with Gasteiger partial charge in [-0.05, 0) is 12.5 Å². The number of nitrogens with zero attached hydrogens (tertiary/aromatic N) is 1. The third-order valence-electron chi connectivity index (χ3n) is 2.76. The van der Waals surface area contributed by atoms with Crippen LogP contribution in [-0.2, 0) is 0 Å². The summed E-state index contributed by atoms with van der Waals surface area (Å²) in [6.45, 7) is 2.98. The quantitative estimate of drug-likeness (QED) is 0.549. The zero-order chi connectivity index (χ0) is 12.3. The molecular weight excluding hydrogens is 214 g/mol. The Morgan fingerprint density at radius 2 is 2.18 bits per heavy atom. The maximum atomic E-state index is 5.92. The molecule has 0 aromatic heterocycles. The van der Waals surface area contributed by atoms with Gasteiger partial charge in [-0.15, -0.1) is 0 Å². The smallest absolute Gasteiger partial charge is 0.193 e. The lowest BCUT2D eigenvalue weighted by Crippen LogP contribution is -2.60. The van der Waals surface area contributed by atoms with Gasteiger partial charge in [0.1, 0.15) is 0 Å². The number of nitrogens with one attached hydrogen (secondary N) is 2. The van der Waals surface area contributed by atoms with Gasteiger partial charge in [-0.25, -0.2) is 4.99 Å². The highest BCUT2D eigenvalue weighted by molar-refractivity contribution is 5.82. The number of nitrogens with two attached hydrogens (primary N) is 2. The Morgan fingerprint density at radius 3 is 2.82 bits per heavy atom. The van der Waals surface area contributed by atoms with Crippen molar-refractivity contribution in [2.45, 2.75) is 18.6 Å². The Hall–Kier alpha value is -1.59. The molecule has 0 bridgehead atoms. The minimum absolute atomic E-state index is 0.146. The fourth-order valence-corrected chi connectivity index (χ4v) is 1.71. The summed E-state index contributed by atoms with van der Waals surface area (Å²) >= 11 is 0. The van der Waals surface area contributed by atoms with E-state index in [1.165, 1.54) is 5.56 Å². The van der Waals surface area contributed by atoms with Gasteiger partial charge in [0.25, 0.3) is 0 Å². The minimum Gasteiger partial charge on any atom is -0.354 e. The maximum absolute atomic E-state index is 5.92. The molecule has 2 unspecified atom stereocenters. The molecule has 0 saturated heterocycles. The van der Waals surface area contributed by atoms with Crippen molar-refractivity contribution in [2.75, 3.05) is 13.1 Å². The monoisotopic (exact) mass is 233 g/mol. The molecule has 0 saturated carbocycles. The van der Waals surface area contributed by atoms with Crippen LogP contribution >= 0.6 is 0 Å². The van der Waals surface area contributed by atoms with Crippen LogP contribution in [0.15, 0.2) is 35.3 Å². The van der Waals surface area contributed by atoms with Crippen molar-refractivity contribution in [3.8, 4) is 0 Å². The van der Waals surface area contributed by atoms with E-state index in [4.69, 9.17) is 11.5 Å². The number of guanidine groups is 1. The predicted molar refractivity (Wildman–Crippen MR) is 69.4 cm³/mol. The molecule has 1 heterocycles. The second-order valence-electron chi connectivity index (χ2n) is 4.53. The van der Waals surface area contributed by atoms with Gasteiger partial charge in [-0.2, -0.15) is 0 Å². The molecule has 0 amide bonds. The van der Waals surface area contributed by atoms with Crippen molar-refractivity contribution in [1.29, 1.82) is 0 Å². The average molecular weight is 233 g/mol. The standard InChI is InChI=1S/C12H19N5/c1-12(14,8-13)17-11-15-7-10(16-11)9-5-3-2-4-6-9/h2-6,10H,7-8,13-14H2,1H3,(H2,15,16,17). The van der Waals surface area contributed by atoms with Crippen LogP contribution in [-0.4, -0.2) is 24.7 Å². The molecule has 6 N–H and O–H groups in total. The van der Waals surface area contributed by atoms with E-state index >= 15 is 0 Å². The van der Waals surface area contributed by atoms with Crippen LogP contribution in [0.5, 0.6) is 0 Å². The second-order valence-corrected chi connectivity index (χ2v) is 4.53. The van der Waals surface area contributed by atoms with E-state index in [-0.39, 0.29) is 6.04 Å². The molecule has 2 rings (SSSR count). The molecule has 0 fully saturated rings. The van der Waals surface area contributed by atoms with Gasteiger partial charge in [0.2, 0.25) is 0 Å². The number of hydrogen-bond acceptors (Lipinski definition) is 5. The summed E-state index contributed by atoms with van der Waals surface area (Å²) in [6.07, 6.45) is 0. The molecule has 0 radical (unpaired) electrons. The summed E-state index contributed by atoms with van der Waals surface area (Å²) in [6, 6.07) is 10.3. The molecule has 1 aromatic rings. The molecule has 0 aliphatic carbocycles. The predicted octanol–water partition coefficient (Wildman–Crippen LogP) is -0.0899. The Morgan fingerprint density at radius 1 is 1.47 bits per heavy atom. The summed E-state index contributed by atoms with van der Waals surface area (Å²) in [7, 11) is 0. The Balaban J connectivity index is 2.05. The molecule has 5 nitrogen and oxygen atoms in total. The van der Waals surface area contributed by atoms with Crippen LogP contribution in [0.25, 0.3) is 0 Å². The van der Waals surface area contributed by atoms with Crippen LogP contribution in [0.3, 0.4) is 0 Å². The van der Waals surface area contributed by atoms with Crippen LogP contribution in [0.1, 0.15) is 18.5 Å². The molecule has 1 aromatic carbocycles. The van der Waals surface area contributed by atoms with Crippen LogP contribution in [0.2, 0.25) is 0 Å². The van der Waals surface area contributed by atoms with Crippen molar-refractivity contribution in [3.05, 3.63) is 35.9 Å². The Bertz CT molecular complexity index is 399. The molecule has 1 aliphatic rings. The van der Waals surface area contributed by atoms with Gasteiger partial charge >= 0.3 is 0 Å². The second kappa shape index (κ2) is 4.73. The lowest BCUT2D eigenvalue weighted by molar-refractivity contribution is 0.442. The fourth-order valence-electron chi connectivity index (χ4n) is 1.71. The Labute approximate surface area is 101 Å². The highest BCUT2D eigenvalue weighted by Crippen LogP contribution is 2.19. The van der Waals surface area contributed by atoms with Crippen molar-refractivity contribution in [1.82, 2.24) is 10.6 Å². The molecule has 92 valence electrons. The van der Waals surface area contributed by atoms with Gasteiger partial charge in [-0.3, -0.25) is 0 Å². The third-order valence-corrected chi connectivity index (χ3v) is 2.76. The molecule has 5 heteroatoms. The summed E-state index contributed by atoms with van der Waals surface area (Å²) in [4.78, 5) is 4.55. The highest BCUT2D eigenvalue weighted by Gasteiger charge is 2.23. The fraction of sp³-hybridized carbons (Fsp3) is 0.417. The van der Waals surface area contributed by atoms with Gasteiger partial charge < -0.3 is 22.1 Å². The SMILES string of the molecule is CC(N)(CN)NC1=NC(c2ccccc2)CN1. The van der Waals surface area contributed by atoms with Crippen molar-refractivity contribution < 1.29 is 0 Å². The molecule has 0 spiro atoms. The van der Waals surface area contributed by atoms with E-state index in [9.17, 15) is 0 Å². The van der Waals surface area contributed by atoms with E-state index in [0.717, 1.165) is 6.54 Å². The lowest BCUT2D eigenvalue weighted by atomic mass is 10.1. The van der Waals surface area contributed by atoms with Gasteiger partial charge in [0, 0.05) is 13.1 Å². The first kappa shape index (κ1) is 11.9. The summed E-state index contributed by atoms with van der Waals surface area (Å²) in [5, 5.41) is 6.30. The summed E-state index contributed by atoms with van der Waals surface area (Å²) < 4.78 is 0. The average Bonchev–Trinajstić information content (AvgIpc) is 2.78. The topological polar surface area (TPSA) is 88.5 Å². The van der Waals surface area contributed by atoms with E-state index in [1.54, 1.807) is 0 Å². The largest absolute Gasteiger partial charge is 0.354 e. The van der Waals surface area contributed by atoms with Crippen LogP contribution in [0, 0.1) is 0 Å². The first-order chi connectivity index (χ1) is 8.11. The van der Waals surface area contributed by atoms with Crippen LogP contribution < -0.4 is 22.1 Å². The van der Waals surface area contributed by atoms with Gasteiger partial charge in [-0.1, -0.05) is 30.3 Å². The molecule has 1 aliphatic heterocycles. The van der Waals surface area contributed by atoms with Crippen molar-refractivity contribution >= 4 is 5.96 Å². The molecule has 17 heavy (non-hydrogen) atoms. The third kappa shape index (κ3) is 2.95. The summed E-state index contributed by atoms with van der Waals surface area (Å²) in [5.74, 6) is 0.717. The van der Waals surface area contributed by atoms with Crippen LogP contribution in [0.4, 0.5) is 0 Å². The highest BCUT2D eigenvalue weighted by atomic mass is 15.3. The first-order valence-electron chi connectivity index (χ1n) is 5.74. The number of aliphatic imine (C=N–C) groups is 1. The van der Waals surface area contributed by atoms with Gasteiger partial charge in [0.05, 0.1) is 11.7 Å². The minimum atomic E-state index is -0.628. The Kier molecular flexibility index (Phi) is 3.31.